The maximum atomic E-state index is 9.43. The maximum Gasteiger partial charge on any atom is 1.00 e. The van der Waals surface area contributed by atoms with E-state index in [0.717, 1.165) is 0 Å². The summed E-state index contributed by atoms with van der Waals surface area (Å²) >= 11 is 0. The van der Waals surface area contributed by atoms with Crippen molar-refractivity contribution in [2.45, 2.75) is 0 Å². The Kier molecular flexibility index (Phi) is 5.89. The predicted molar refractivity (Wildman–Crippen MR) is 21.7 cm³/mol. The molecule has 3 N–H and O–H groups in total. The summed E-state index contributed by atoms with van der Waals surface area (Å²) in [6.45, 7) is 0. The van der Waals surface area contributed by atoms with Crippen LogP contribution in [0.2, 0.25) is 0 Å². The van der Waals surface area contributed by atoms with Crippen LogP contribution in [0.3, 0.4) is 0 Å². The van der Waals surface area contributed by atoms with Crippen LogP contribution in [0.1, 0.15) is 1.43 Å². The van der Waals surface area contributed by atoms with Gasteiger partial charge in [-0.2, -0.15) is 8.42 Å². The van der Waals surface area contributed by atoms with E-state index in [9.17, 15) is 8.42 Å². The number of hydrogen-bond donors (Lipinski definition) is 2. The Morgan fingerprint density at radius 2 is 1.86 bits per heavy atom. The second-order valence-corrected chi connectivity index (χ2v) is 2.25. The molecule has 0 saturated carbocycles. The summed E-state index contributed by atoms with van der Waals surface area (Å²) in [5, 5.41) is 0. The van der Waals surface area contributed by atoms with Gasteiger partial charge in [0, 0.05) is 0 Å². The normalized spacial score (nSPS) is 10.0. The minimum absolute atomic E-state index is 0. The largest absolute Gasteiger partial charge is 1.00 e. The summed E-state index contributed by atoms with van der Waals surface area (Å²) in [4.78, 5) is 0. The fourth-order valence-electron chi connectivity index (χ4n) is 0. The smallest absolute Gasteiger partial charge is 1.00 e. The average molecular weight is 135 g/mol. The SMILES string of the molecule is NCS(=O)(=O)O.[H-].[Na+]. The van der Waals surface area contributed by atoms with E-state index in [1.807, 2.05) is 0 Å². The third kappa shape index (κ3) is 10.9. The molecular weight excluding hydrogens is 129 g/mol. The molecule has 0 aliphatic carbocycles. The Hall–Kier alpha value is 0.870. The Morgan fingerprint density at radius 1 is 1.71 bits per heavy atom. The van der Waals surface area contributed by atoms with Gasteiger partial charge in [0.1, 0.15) is 5.88 Å². The first kappa shape index (κ1) is 10.8. The second kappa shape index (κ2) is 3.82. The molecule has 0 unspecified atom stereocenters. The summed E-state index contributed by atoms with van der Waals surface area (Å²) in [6, 6.07) is 0. The molecule has 0 aromatic carbocycles. The van der Waals surface area contributed by atoms with Gasteiger partial charge < -0.3 is 7.16 Å². The molecule has 0 heterocycles. The van der Waals surface area contributed by atoms with Gasteiger partial charge in [0.15, 0.2) is 0 Å². The third-order valence-electron chi connectivity index (χ3n) is 0.211. The van der Waals surface area contributed by atoms with Gasteiger partial charge in [-0.15, -0.1) is 0 Å². The molecule has 0 radical (unpaired) electrons. The van der Waals surface area contributed by atoms with E-state index >= 15 is 0 Å². The van der Waals surface area contributed by atoms with Gasteiger partial charge in [0.25, 0.3) is 10.1 Å². The van der Waals surface area contributed by atoms with Crippen molar-refractivity contribution in [2.75, 3.05) is 5.88 Å². The van der Waals surface area contributed by atoms with E-state index in [1.165, 1.54) is 0 Å². The number of rotatable bonds is 1. The van der Waals surface area contributed by atoms with Gasteiger partial charge in [-0.1, -0.05) is 0 Å². The van der Waals surface area contributed by atoms with Gasteiger partial charge in [0.2, 0.25) is 0 Å². The summed E-state index contributed by atoms with van der Waals surface area (Å²) in [7, 11) is -3.88. The van der Waals surface area contributed by atoms with Crippen molar-refractivity contribution >= 4 is 10.1 Å². The molecule has 4 nitrogen and oxygen atoms in total. The first-order chi connectivity index (χ1) is 2.56. The van der Waals surface area contributed by atoms with Gasteiger partial charge in [-0.3, -0.25) is 4.55 Å². The fourth-order valence-corrected chi connectivity index (χ4v) is 0. The molecule has 0 aromatic heterocycles. The Morgan fingerprint density at radius 3 is 1.86 bits per heavy atom. The summed E-state index contributed by atoms with van der Waals surface area (Å²) in [5.74, 6) is -0.701. The molecule has 0 saturated heterocycles. The van der Waals surface area contributed by atoms with Gasteiger partial charge in [-0.25, -0.2) is 0 Å². The van der Waals surface area contributed by atoms with Gasteiger partial charge >= 0.3 is 29.6 Å². The third-order valence-corrected chi connectivity index (χ3v) is 0.632. The summed E-state index contributed by atoms with van der Waals surface area (Å²) in [5.41, 5.74) is 4.47. The molecule has 0 aliphatic heterocycles. The maximum absolute atomic E-state index is 9.43. The molecule has 0 spiro atoms. The monoisotopic (exact) mass is 135 g/mol. The quantitative estimate of drug-likeness (QED) is 0.283. The fraction of sp³-hybridized carbons (Fsp3) is 1.00. The van der Waals surface area contributed by atoms with E-state index in [1.54, 1.807) is 0 Å². The van der Waals surface area contributed by atoms with Crippen LogP contribution in [0, 0.1) is 0 Å². The molecule has 0 aromatic rings. The molecule has 0 fully saturated rings. The minimum atomic E-state index is -3.88. The van der Waals surface area contributed by atoms with Crippen molar-refractivity contribution in [3.63, 3.8) is 0 Å². The summed E-state index contributed by atoms with van der Waals surface area (Å²) < 4.78 is 26.5. The zero-order valence-electron chi connectivity index (χ0n) is 4.96. The van der Waals surface area contributed by atoms with Crippen molar-refractivity contribution < 1.29 is 44.0 Å². The second-order valence-electron chi connectivity index (χ2n) is 0.749. The van der Waals surface area contributed by atoms with Crippen LogP contribution >= 0.6 is 0 Å². The molecule has 7 heavy (non-hydrogen) atoms. The molecule has 0 atom stereocenters. The van der Waals surface area contributed by atoms with Crippen LogP contribution in [0.15, 0.2) is 0 Å². The molecule has 0 aliphatic rings. The van der Waals surface area contributed by atoms with Crippen LogP contribution < -0.4 is 35.3 Å². The average Bonchev–Trinajstić information content (AvgIpc) is 1.35. The van der Waals surface area contributed by atoms with Gasteiger partial charge in [-0.05, 0) is 0 Å². The molecule has 0 amide bonds. The first-order valence-corrected chi connectivity index (χ1v) is 2.82. The van der Waals surface area contributed by atoms with Crippen molar-refractivity contribution in [1.82, 2.24) is 0 Å². The Balaban J connectivity index is -0.000000125. The molecule has 0 bridgehead atoms. The first-order valence-electron chi connectivity index (χ1n) is 1.21. The van der Waals surface area contributed by atoms with Crippen LogP contribution in [-0.2, 0) is 10.1 Å². The van der Waals surface area contributed by atoms with E-state index in [-0.39, 0.29) is 31.0 Å². The summed E-state index contributed by atoms with van der Waals surface area (Å²) in [6.07, 6.45) is 0. The van der Waals surface area contributed by atoms with E-state index < -0.39 is 16.0 Å². The zero-order valence-corrected chi connectivity index (χ0v) is 6.77. The van der Waals surface area contributed by atoms with Crippen LogP contribution in [-0.4, -0.2) is 18.8 Å². The van der Waals surface area contributed by atoms with Crippen LogP contribution in [0.5, 0.6) is 0 Å². The molecule has 6 heteroatoms. The van der Waals surface area contributed by atoms with Crippen LogP contribution in [0.25, 0.3) is 0 Å². The van der Waals surface area contributed by atoms with E-state index in [2.05, 4.69) is 5.73 Å². The van der Waals surface area contributed by atoms with Gasteiger partial charge in [0.05, 0.1) is 0 Å². The minimum Gasteiger partial charge on any atom is -1.00 e. The number of nitrogens with two attached hydrogens (primary N) is 1. The van der Waals surface area contributed by atoms with Crippen molar-refractivity contribution in [2.24, 2.45) is 5.73 Å². The van der Waals surface area contributed by atoms with E-state index in [0.29, 0.717) is 0 Å². The van der Waals surface area contributed by atoms with Crippen molar-refractivity contribution in [3.05, 3.63) is 0 Å². The molecule has 40 valence electrons. The molecule has 0 rings (SSSR count). The Labute approximate surface area is 65.6 Å². The van der Waals surface area contributed by atoms with Crippen molar-refractivity contribution in [3.8, 4) is 0 Å². The topological polar surface area (TPSA) is 80.4 Å². The predicted octanol–water partition coefficient (Wildman–Crippen LogP) is -4.09. The zero-order chi connectivity index (χ0) is 5.21. The molecular formula is CH6NNaO3S. The Bertz CT molecular complexity index is 121. The number of hydrogen-bond acceptors (Lipinski definition) is 3. The standard InChI is InChI=1S/CH5NO3S.Na.H/c2-1-6(3,4)5;;/h1-2H2,(H,3,4,5);;/q;+1;-1. The van der Waals surface area contributed by atoms with Crippen LogP contribution in [0.4, 0.5) is 0 Å². The van der Waals surface area contributed by atoms with Crippen molar-refractivity contribution in [1.29, 1.82) is 0 Å². The van der Waals surface area contributed by atoms with E-state index in [4.69, 9.17) is 4.55 Å².